The van der Waals surface area contributed by atoms with Gasteiger partial charge < -0.3 is 0 Å². The summed E-state index contributed by atoms with van der Waals surface area (Å²) in [5.41, 5.74) is 5.07. The monoisotopic (exact) mass is 424 g/mol. The molecule has 0 aliphatic carbocycles. The number of rotatable bonds is 3. The first kappa shape index (κ1) is 19.0. The minimum atomic E-state index is 1.23. The van der Waals surface area contributed by atoms with Gasteiger partial charge in [0.25, 0.3) is 0 Å². The molecular formula is C31H21P. The summed E-state index contributed by atoms with van der Waals surface area (Å²) in [4.78, 5) is 0. The minimum absolute atomic E-state index is 1.23. The van der Waals surface area contributed by atoms with Gasteiger partial charge in [-0.3, -0.25) is 0 Å². The van der Waals surface area contributed by atoms with Gasteiger partial charge in [-0.05, 0) is 68.1 Å². The zero-order valence-electron chi connectivity index (χ0n) is 17.6. The summed E-state index contributed by atoms with van der Waals surface area (Å²) in [5.74, 6) is 0. The summed E-state index contributed by atoms with van der Waals surface area (Å²) >= 11 is 0. The first-order valence-corrected chi connectivity index (χ1v) is 11.8. The second-order valence-corrected chi connectivity index (χ2v) is 9.30. The Morgan fingerprint density at radius 3 is 1.31 bits per heavy atom. The van der Waals surface area contributed by atoms with Crippen LogP contribution in [0.4, 0.5) is 0 Å². The fraction of sp³-hybridized carbons (Fsp3) is 0. The molecule has 0 aliphatic heterocycles. The topological polar surface area (TPSA) is 0 Å². The fourth-order valence-electron chi connectivity index (χ4n) is 4.32. The SMILES string of the molecule is c1ccc(-c2cc(-c3ccc4ccccc4c3)pc(-c3ccc4ccccc4c3)c2)cc1. The van der Waals surface area contributed by atoms with E-state index >= 15 is 0 Å². The molecule has 6 rings (SSSR count). The normalized spacial score (nSPS) is 11.1. The van der Waals surface area contributed by atoms with E-state index in [0.717, 1.165) is 0 Å². The highest BCUT2D eigenvalue weighted by Crippen LogP contribution is 2.42. The first-order valence-electron chi connectivity index (χ1n) is 10.9. The molecule has 0 nitrogen and oxygen atoms in total. The van der Waals surface area contributed by atoms with E-state index in [2.05, 4.69) is 127 Å². The Labute approximate surface area is 189 Å². The van der Waals surface area contributed by atoms with Crippen molar-refractivity contribution in [2.75, 3.05) is 0 Å². The van der Waals surface area contributed by atoms with Crippen molar-refractivity contribution in [2.45, 2.75) is 0 Å². The van der Waals surface area contributed by atoms with E-state index in [9.17, 15) is 0 Å². The lowest BCUT2D eigenvalue weighted by molar-refractivity contribution is 1.64. The highest BCUT2D eigenvalue weighted by molar-refractivity contribution is 7.37. The molecule has 32 heavy (non-hydrogen) atoms. The summed E-state index contributed by atoms with van der Waals surface area (Å²) in [7, 11) is 1.23. The largest absolute Gasteiger partial charge is 0.0622 e. The number of hydrogen-bond donors (Lipinski definition) is 0. The number of hydrogen-bond acceptors (Lipinski definition) is 0. The third-order valence-electron chi connectivity index (χ3n) is 6.02. The molecule has 0 amide bonds. The molecule has 0 N–H and O–H groups in total. The summed E-state index contributed by atoms with van der Waals surface area (Å²) < 4.78 is 0. The molecular weight excluding hydrogens is 403 g/mol. The predicted octanol–water partition coefficient (Wildman–Crippen LogP) is 9.57. The molecule has 0 saturated carbocycles. The minimum Gasteiger partial charge on any atom is -0.0622 e. The van der Waals surface area contributed by atoms with Gasteiger partial charge >= 0.3 is 0 Å². The maximum Gasteiger partial charge on any atom is 0.0103 e. The van der Waals surface area contributed by atoms with E-state index in [1.165, 1.54) is 62.6 Å². The second kappa shape index (κ2) is 8.08. The van der Waals surface area contributed by atoms with Crippen molar-refractivity contribution in [3.63, 3.8) is 0 Å². The second-order valence-electron chi connectivity index (χ2n) is 8.12. The standard InChI is InChI=1S/C31H21P/c1-2-8-22(9-3-1)29-20-30(27-16-14-23-10-4-6-12-25(23)18-27)32-31(21-29)28-17-15-24-11-5-7-13-26(24)19-28/h1-21H. The van der Waals surface area contributed by atoms with Gasteiger partial charge in [0.2, 0.25) is 0 Å². The van der Waals surface area contributed by atoms with Gasteiger partial charge in [-0.1, -0.05) is 111 Å². The Morgan fingerprint density at radius 2 is 0.781 bits per heavy atom. The van der Waals surface area contributed by atoms with Gasteiger partial charge in [0, 0.05) is 10.6 Å². The number of fused-ring (bicyclic) bond motifs is 2. The van der Waals surface area contributed by atoms with Crippen molar-refractivity contribution in [3.05, 3.63) is 127 Å². The lowest BCUT2D eigenvalue weighted by Gasteiger charge is -2.12. The van der Waals surface area contributed by atoms with Crippen molar-refractivity contribution in [1.82, 2.24) is 0 Å². The van der Waals surface area contributed by atoms with E-state index in [1.807, 2.05) is 0 Å². The van der Waals surface area contributed by atoms with Crippen LogP contribution in [-0.4, -0.2) is 0 Å². The van der Waals surface area contributed by atoms with Gasteiger partial charge in [-0.25, -0.2) is 0 Å². The molecule has 0 aliphatic rings. The van der Waals surface area contributed by atoms with Crippen LogP contribution in [0.25, 0.3) is 54.4 Å². The summed E-state index contributed by atoms with van der Waals surface area (Å²) in [5, 5.41) is 7.79. The van der Waals surface area contributed by atoms with Gasteiger partial charge in [-0.15, -0.1) is 0 Å². The Morgan fingerprint density at radius 1 is 0.312 bits per heavy atom. The van der Waals surface area contributed by atoms with E-state index in [4.69, 9.17) is 0 Å². The van der Waals surface area contributed by atoms with Crippen LogP contribution in [0.5, 0.6) is 0 Å². The van der Waals surface area contributed by atoms with Gasteiger partial charge in [0.15, 0.2) is 0 Å². The maximum atomic E-state index is 2.35. The van der Waals surface area contributed by atoms with Crippen LogP contribution in [0.3, 0.4) is 0 Å². The van der Waals surface area contributed by atoms with Crippen molar-refractivity contribution in [1.29, 1.82) is 0 Å². The van der Waals surface area contributed by atoms with E-state index in [0.29, 0.717) is 0 Å². The molecule has 0 radical (unpaired) electrons. The molecule has 1 heteroatoms. The Bertz CT molecular complexity index is 1470. The molecule has 0 bridgehead atoms. The lowest BCUT2D eigenvalue weighted by Crippen LogP contribution is -1.83. The van der Waals surface area contributed by atoms with Crippen LogP contribution < -0.4 is 0 Å². The predicted molar refractivity (Wildman–Crippen MR) is 140 cm³/mol. The third kappa shape index (κ3) is 3.60. The zero-order chi connectivity index (χ0) is 21.3. The smallest absolute Gasteiger partial charge is 0.0103 e. The van der Waals surface area contributed by atoms with Gasteiger partial charge in [0.1, 0.15) is 0 Å². The summed E-state index contributed by atoms with van der Waals surface area (Å²) in [6.45, 7) is 0. The van der Waals surface area contributed by atoms with Crippen LogP contribution in [0.2, 0.25) is 0 Å². The first-order chi connectivity index (χ1) is 15.8. The molecule has 0 atom stereocenters. The maximum absolute atomic E-state index is 2.35. The van der Waals surface area contributed by atoms with E-state index in [-0.39, 0.29) is 0 Å². The van der Waals surface area contributed by atoms with Crippen LogP contribution in [0.1, 0.15) is 0 Å². The van der Waals surface area contributed by atoms with Gasteiger partial charge in [0.05, 0.1) is 0 Å². The van der Waals surface area contributed by atoms with Crippen molar-refractivity contribution in [3.8, 4) is 32.8 Å². The average Bonchev–Trinajstić information content (AvgIpc) is 2.88. The summed E-state index contributed by atoms with van der Waals surface area (Å²) in [6.07, 6.45) is 0. The molecule has 150 valence electrons. The molecule has 5 aromatic carbocycles. The quantitative estimate of drug-likeness (QED) is 0.265. The zero-order valence-corrected chi connectivity index (χ0v) is 18.5. The van der Waals surface area contributed by atoms with Crippen LogP contribution in [0.15, 0.2) is 127 Å². The van der Waals surface area contributed by atoms with Crippen LogP contribution in [-0.2, 0) is 0 Å². The molecule has 6 aromatic rings. The van der Waals surface area contributed by atoms with Crippen molar-refractivity contribution < 1.29 is 0 Å². The van der Waals surface area contributed by atoms with E-state index < -0.39 is 0 Å². The molecule has 0 fully saturated rings. The third-order valence-corrected chi connectivity index (χ3v) is 7.28. The highest BCUT2D eigenvalue weighted by atomic mass is 31.0. The van der Waals surface area contributed by atoms with Gasteiger partial charge in [-0.2, -0.15) is 0 Å². The highest BCUT2D eigenvalue weighted by Gasteiger charge is 2.09. The van der Waals surface area contributed by atoms with Crippen molar-refractivity contribution in [2.24, 2.45) is 0 Å². The Balaban J connectivity index is 1.56. The van der Waals surface area contributed by atoms with E-state index in [1.54, 1.807) is 0 Å². The lowest BCUT2D eigenvalue weighted by atomic mass is 10.0. The molecule has 1 heterocycles. The van der Waals surface area contributed by atoms with Crippen LogP contribution in [0, 0.1) is 0 Å². The fourth-order valence-corrected chi connectivity index (χ4v) is 5.52. The Hall–Kier alpha value is -3.73. The summed E-state index contributed by atoms with van der Waals surface area (Å²) in [6, 6.07) is 46.2. The number of benzene rings is 5. The molecule has 0 unspecified atom stereocenters. The molecule has 1 aromatic heterocycles. The molecule has 0 saturated heterocycles. The van der Waals surface area contributed by atoms with Crippen LogP contribution >= 0.6 is 8.19 Å². The average molecular weight is 424 g/mol. The van der Waals surface area contributed by atoms with Crippen molar-refractivity contribution >= 4 is 29.7 Å². The Kier molecular flexibility index (Phi) is 4.79. The molecule has 0 spiro atoms.